The summed E-state index contributed by atoms with van der Waals surface area (Å²) < 4.78 is 0. The molecular weight excluding hydrogens is 663 g/mol. The zero-order valence-electron chi connectivity index (χ0n) is 37.0. The molecular formula is C50H99NO3. The number of allylic oxidation sites excluding steroid dienone is 2. The molecule has 2 unspecified atom stereocenters. The highest BCUT2D eigenvalue weighted by Crippen LogP contribution is 2.17. The normalized spacial score (nSPS) is 12.9. The number of aliphatic hydroxyl groups is 2. The Bertz CT molecular complexity index is 739. The lowest BCUT2D eigenvalue weighted by molar-refractivity contribution is -0.123. The van der Waals surface area contributed by atoms with Crippen LogP contribution in [0.4, 0.5) is 0 Å². The maximum absolute atomic E-state index is 12.4. The first kappa shape index (κ1) is 53.1. The Kier molecular flexibility index (Phi) is 45.8. The minimum Gasteiger partial charge on any atom is -0.394 e. The van der Waals surface area contributed by atoms with Crippen molar-refractivity contribution in [3.63, 3.8) is 0 Å². The fourth-order valence-corrected chi connectivity index (χ4v) is 7.95. The zero-order chi connectivity index (χ0) is 39.3. The van der Waals surface area contributed by atoms with Crippen molar-refractivity contribution in [2.45, 2.75) is 296 Å². The van der Waals surface area contributed by atoms with Crippen LogP contribution in [0.1, 0.15) is 284 Å². The van der Waals surface area contributed by atoms with Crippen LogP contribution in [0.3, 0.4) is 0 Å². The fourth-order valence-electron chi connectivity index (χ4n) is 7.95. The fraction of sp³-hybridized carbons (Fsp3) is 0.940. The van der Waals surface area contributed by atoms with E-state index in [1.54, 1.807) is 0 Å². The van der Waals surface area contributed by atoms with Crippen LogP contribution in [-0.4, -0.2) is 34.9 Å². The third-order valence-corrected chi connectivity index (χ3v) is 11.8. The van der Waals surface area contributed by atoms with Crippen LogP contribution < -0.4 is 5.32 Å². The lowest BCUT2D eigenvalue weighted by atomic mass is 10.0. The molecule has 0 aliphatic rings. The summed E-state index contributed by atoms with van der Waals surface area (Å²) >= 11 is 0. The monoisotopic (exact) mass is 762 g/mol. The lowest BCUT2D eigenvalue weighted by Gasteiger charge is -2.22. The third-order valence-electron chi connectivity index (χ3n) is 11.8. The Hall–Kier alpha value is -0.870. The number of hydrogen-bond acceptors (Lipinski definition) is 3. The molecule has 0 rings (SSSR count). The van der Waals surface area contributed by atoms with Gasteiger partial charge in [0.2, 0.25) is 5.91 Å². The lowest BCUT2D eigenvalue weighted by Crippen LogP contribution is -2.45. The molecule has 1 amide bonds. The van der Waals surface area contributed by atoms with Crippen LogP contribution in [-0.2, 0) is 4.79 Å². The number of aliphatic hydroxyl groups excluding tert-OH is 2. The first-order chi connectivity index (χ1) is 26.7. The molecule has 4 nitrogen and oxygen atoms in total. The van der Waals surface area contributed by atoms with E-state index in [0.717, 1.165) is 25.7 Å². The summed E-state index contributed by atoms with van der Waals surface area (Å²) in [4.78, 5) is 12.4. The van der Waals surface area contributed by atoms with Gasteiger partial charge in [-0.05, 0) is 38.5 Å². The third kappa shape index (κ3) is 42.3. The highest BCUT2D eigenvalue weighted by Gasteiger charge is 2.20. The second-order valence-corrected chi connectivity index (χ2v) is 17.2. The quantitative estimate of drug-likeness (QED) is 0.0427. The first-order valence-electron chi connectivity index (χ1n) is 24.9. The van der Waals surface area contributed by atoms with E-state index in [1.807, 2.05) is 0 Å². The van der Waals surface area contributed by atoms with Gasteiger partial charge in [0, 0.05) is 6.42 Å². The predicted octanol–water partition coefficient (Wildman–Crippen LogP) is 15.8. The van der Waals surface area contributed by atoms with Crippen LogP contribution >= 0.6 is 0 Å². The topological polar surface area (TPSA) is 69.6 Å². The van der Waals surface area contributed by atoms with E-state index in [9.17, 15) is 15.0 Å². The molecule has 0 spiro atoms. The van der Waals surface area contributed by atoms with Crippen molar-refractivity contribution in [2.24, 2.45) is 0 Å². The van der Waals surface area contributed by atoms with Crippen molar-refractivity contribution in [3.05, 3.63) is 12.2 Å². The van der Waals surface area contributed by atoms with Crippen molar-refractivity contribution in [2.75, 3.05) is 6.61 Å². The molecule has 3 N–H and O–H groups in total. The summed E-state index contributed by atoms with van der Waals surface area (Å²) in [6, 6.07) is -0.531. The maximum Gasteiger partial charge on any atom is 0.220 e. The van der Waals surface area contributed by atoms with Gasteiger partial charge in [-0.2, -0.15) is 0 Å². The molecule has 0 aliphatic carbocycles. The van der Waals surface area contributed by atoms with Crippen LogP contribution in [0, 0.1) is 0 Å². The van der Waals surface area contributed by atoms with Gasteiger partial charge in [0.15, 0.2) is 0 Å². The minimum atomic E-state index is -0.654. The number of amides is 1. The van der Waals surface area contributed by atoms with Gasteiger partial charge in [-0.1, -0.05) is 251 Å². The highest BCUT2D eigenvalue weighted by atomic mass is 16.3. The van der Waals surface area contributed by atoms with Crippen LogP contribution in [0.25, 0.3) is 0 Å². The Balaban J connectivity index is 3.40. The van der Waals surface area contributed by atoms with E-state index in [1.165, 1.54) is 231 Å². The standard InChI is InChI=1S/C50H99NO3/c1-3-5-7-9-11-13-15-17-18-19-20-21-22-23-24-25-26-27-28-29-30-31-32-34-36-38-40-42-44-46-50(54)51-48(47-52)49(53)45-43-41-39-37-35-33-16-14-12-10-8-6-4-2/h19-20,48-49,52-53H,3-18,21-47H2,1-2H3,(H,51,54)/b20-19-. The van der Waals surface area contributed by atoms with Crippen molar-refractivity contribution in [1.29, 1.82) is 0 Å². The largest absolute Gasteiger partial charge is 0.394 e. The second-order valence-electron chi connectivity index (χ2n) is 17.2. The van der Waals surface area contributed by atoms with Crippen LogP contribution in [0.5, 0.6) is 0 Å². The molecule has 54 heavy (non-hydrogen) atoms. The van der Waals surface area contributed by atoms with Crippen molar-refractivity contribution in [3.8, 4) is 0 Å². The second kappa shape index (κ2) is 46.5. The molecule has 0 bridgehead atoms. The molecule has 0 aromatic heterocycles. The van der Waals surface area contributed by atoms with E-state index >= 15 is 0 Å². The average molecular weight is 762 g/mol. The molecule has 322 valence electrons. The van der Waals surface area contributed by atoms with E-state index < -0.39 is 12.1 Å². The van der Waals surface area contributed by atoms with Gasteiger partial charge in [0.05, 0.1) is 18.8 Å². The summed E-state index contributed by atoms with van der Waals surface area (Å²) in [6.07, 6.45) is 58.9. The smallest absolute Gasteiger partial charge is 0.220 e. The maximum atomic E-state index is 12.4. The molecule has 0 aromatic carbocycles. The van der Waals surface area contributed by atoms with E-state index in [-0.39, 0.29) is 12.5 Å². The molecule has 0 saturated heterocycles. The number of rotatable bonds is 46. The van der Waals surface area contributed by atoms with Crippen LogP contribution in [0.15, 0.2) is 12.2 Å². The molecule has 0 radical (unpaired) electrons. The van der Waals surface area contributed by atoms with Gasteiger partial charge in [-0.15, -0.1) is 0 Å². The van der Waals surface area contributed by atoms with E-state index in [0.29, 0.717) is 12.8 Å². The van der Waals surface area contributed by atoms with Gasteiger partial charge < -0.3 is 15.5 Å². The van der Waals surface area contributed by atoms with Gasteiger partial charge >= 0.3 is 0 Å². The van der Waals surface area contributed by atoms with E-state index in [2.05, 4.69) is 31.3 Å². The number of hydrogen-bond donors (Lipinski definition) is 3. The summed E-state index contributed by atoms with van der Waals surface area (Å²) in [5.74, 6) is -0.0267. The molecule has 0 aromatic rings. The summed E-state index contributed by atoms with van der Waals surface area (Å²) in [7, 11) is 0. The summed E-state index contributed by atoms with van der Waals surface area (Å²) in [5, 5.41) is 23.2. The van der Waals surface area contributed by atoms with Crippen LogP contribution in [0.2, 0.25) is 0 Å². The van der Waals surface area contributed by atoms with Gasteiger partial charge in [0.1, 0.15) is 0 Å². The Labute approximate surface area is 339 Å². The zero-order valence-corrected chi connectivity index (χ0v) is 37.0. The molecule has 0 aliphatic heterocycles. The molecule has 4 heteroatoms. The summed E-state index contributed by atoms with van der Waals surface area (Å²) in [6.45, 7) is 4.38. The average Bonchev–Trinajstić information content (AvgIpc) is 3.18. The SMILES string of the molecule is CCCCCCCCCC/C=C\CCCCCCCCCCCCCCCCCCCC(=O)NC(CO)C(O)CCCCCCCCCCCCCCC. The molecule has 0 heterocycles. The first-order valence-corrected chi connectivity index (χ1v) is 24.9. The molecule has 0 fully saturated rings. The molecule has 0 saturated carbocycles. The van der Waals surface area contributed by atoms with Gasteiger partial charge in [-0.3, -0.25) is 4.79 Å². The van der Waals surface area contributed by atoms with Crippen molar-refractivity contribution < 1.29 is 15.0 Å². The number of carbonyl (C=O) groups excluding carboxylic acids is 1. The highest BCUT2D eigenvalue weighted by molar-refractivity contribution is 5.76. The Morgan fingerprint density at radius 2 is 0.704 bits per heavy atom. The molecule has 2 atom stereocenters. The van der Waals surface area contributed by atoms with Gasteiger partial charge in [0.25, 0.3) is 0 Å². The minimum absolute atomic E-state index is 0.0267. The van der Waals surface area contributed by atoms with E-state index in [4.69, 9.17) is 0 Å². The number of nitrogens with one attached hydrogen (secondary N) is 1. The Morgan fingerprint density at radius 1 is 0.426 bits per heavy atom. The number of unbranched alkanes of at least 4 members (excludes halogenated alkanes) is 37. The Morgan fingerprint density at radius 3 is 1.02 bits per heavy atom. The van der Waals surface area contributed by atoms with Crippen molar-refractivity contribution in [1.82, 2.24) is 5.32 Å². The van der Waals surface area contributed by atoms with Crippen molar-refractivity contribution >= 4 is 5.91 Å². The summed E-state index contributed by atoms with van der Waals surface area (Å²) in [5.41, 5.74) is 0. The predicted molar refractivity (Wildman–Crippen MR) is 239 cm³/mol. The van der Waals surface area contributed by atoms with Gasteiger partial charge in [-0.25, -0.2) is 0 Å². The number of carbonyl (C=O) groups is 1.